The smallest absolute Gasteiger partial charge is 0.319 e. The van der Waals surface area contributed by atoms with E-state index in [1.807, 2.05) is 0 Å². The van der Waals surface area contributed by atoms with E-state index in [1.165, 1.54) is 0 Å². The van der Waals surface area contributed by atoms with Crippen molar-refractivity contribution in [1.29, 1.82) is 0 Å². The number of carboxylic acid groups (broad SMARTS) is 1. The Balaban J connectivity index is 2.69. The molecular weight excluding hydrogens is 306 g/mol. The van der Waals surface area contributed by atoms with Crippen LogP contribution in [0.25, 0.3) is 0 Å². The number of anilines is 1. The van der Waals surface area contributed by atoms with E-state index in [1.54, 1.807) is 13.8 Å². The molecule has 0 aliphatic heterocycles. The highest BCUT2D eigenvalue weighted by Crippen LogP contribution is 2.26. The van der Waals surface area contributed by atoms with Gasteiger partial charge in [0.15, 0.2) is 5.82 Å². The number of carbonyl (C=O) groups is 2. The van der Waals surface area contributed by atoms with Crippen LogP contribution in [-0.4, -0.2) is 23.7 Å². The van der Waals surface area contributed by atoms with E-state index in [-0.39, 0.29) is 23.2 Å². The van der Waals surface area contributed by atoms with Crippen LogP contribution in [0.1, 0.15) is 13.8 Å². The van der Waals surface area contributed by atoms with Crippen molar-refractivity contribution in [1.82, 2.24) is 5.32 Å². The molecule has 2 amide bonds. The van der Waals surface area contributed by atoms with Crippen LogP contribution in [0.4, 0.5) is 19.3 Å². The number of carbonyl (C=O) groups excluding carboxylic acids is 1. The van der Waals surface area contributed by atoms with Gasteiger partial charge < -0.3 is 15.7 Å². The molecule has 0 radical (unpaired) electrons. The second-order valence-electron chi connectivity index (χ2n) is 4.77. The van der Waals surface area contributed by atoms with Gasteiger partial charge in [0.05, 0.1) is 16.6 Å². The molecule has 1 rings (SSSR count). The van der Waals surface area contributed by atoms with Gasteiger partial charge in [-0.15, -0.1) is 0 Å². The maximum atomic E-state index is 13.5. The molecule has 0 spiro atoms. The van der Waals surface area contributed by atoms with E-state index in [9.17, 15) is 18.4 Å². The normalized spacial score (nSPS) is 12.1. The van der Waals surface area contributed by atoms with Crippen LogP contribution < -0.4 is 10.6 Å². The number of carboxylic acids is 1. The number of urea groups is 1. The van der Waals surface area contributed by atoms with Gasteiger partial charge in [-0.05, 0) is 12.0 Å². The Bertz CT molecular complexity index is 529. The highest BCUT2D eigenvalue weighted by molar-refractivity contribution is 6.33. The van der Waals surface area contributed by atoms with Crippen molar-refractivity contribution in [2.24, 2.45) is 11.8 Å². The number of hydrogen-bond donors (Lipinski definition) is 3. The van der Waals surface area contributed by atoms with E-state index in [4.69, 9.17) is 16.7 Å². The third kappa shape index (κ3) is 4.86. The van der Waals surface area contributed by atoms with Crippen LogP contribution >= 0.6 is 11.6 Å². The SMILES string of the molecule is CC(C)C(CNC(=O)Nc1c(F)cc(F)cc1Cl)C(=O)O. The molecule has 1 aromatic carbocycles. The minimum absolute atomic E-state index is 0.126. The Morgan fingerprint density at radius 2 is 1.95 bits per heavy atom. The van der Waals surface area contributed by atoms with Gasteiger partial charge in [-0.3, -0.25) is 4.79 Å². The number of aliphatic carboxylic acids is 1. The maximum absolute atomic E-state index is 13.5. The lowest BCUT2D eigenvalue weighted by Gasteiger charge is -2.17. The van der Waals surface area contributed by atoms with E-state index in [0.29, 0.717) is 6.07 Å². The summed E-state index contributed by atoms with van der Waals surface area (Å²) in [5, 5.41) is 13.1. The third-order valence-electron chi connectivity index (χ3n) is 2.85. The average Bonchev–Trinajstić information content (AvgIpc) is 2.33. The zero-order valence-electron chi connectivity index (χ0n) is 11.4. The highest BCUT2D eigenvalue weighted by atomic mass is 35.5. The van der Waals surface area contributed by atoms with Crippen LogP contribution in [0.5, 0.6) is 0 Å². The molecule has 3 N–H and O–H groups in total. The number of amides is 2. The van der Waals surface area contributed by atoms with E-state index >= 15 is 0 Å². The highest BCUT2D eigenvalue weighted by Gasteiger charge is 2.22. The number of benzene rings is 1. The van der Waals surface area contributed by atoms with Crippen LogP contribution in [0, 0.1) is 23.5 Å². The number of hydrogen-bond acceptors (Lipinski definition) is 2. The summed E-state index contributed by atoms with van der Waals surface area (Å²) >= 11 is 5.63. The van der Waals surface area contributed by atoms with Crippen LogP contribution in [0.2, 0.25) is 5.02 Å². The molecule has 116 valence electrons. The molecule has 1 unspecified atom stereocenters. The first kappa shape index (κ1) is 17.2. The minimum atomic E-state index is -1.05. The van der Waals surface area contributed by atoms with E-state index < -0.39 is 29.6 Å². The number of nitrogens with one attached hydrogen (secondary N) is 2. The summed E-state index contributed by atoms with van der Waals surface area (Å²) in [7, 11) is 0. The van der Waals surface area contributed by atoms with Crippen LogP contribution in [-0.2, 0) is 4.79 Å². The summed E-state index contributed by atoms with van der Waals surface area (Å²) in [6, 6.07) is 0.610. The molecule has 1 atom stereocenters. The van der Waals surface area contributed by atoms with Crippen molar-refractivity contribution in [2.45, 2.75) is 13.8 Å². The Kier molecular flexibility index (Phi) is 5.90. The molecule has 0 heterocycles. The molecule has 0 saturated heterocycles. The van der Waals surface area contributed by atoms with Gasteiger partial charge in [-0.25, -0.2) is 13.6 Å². The van der Waals surface area contributed by atoms with Crippen molar-refractivity contribution in [3.8, 4) is 0 Å². The largest absolute Gasteiger partial charge is 0.481 e. The van der Waals surface area contributed by atoms with Gasteiger partial charge >= 0.3 is 12.0 Å². The molecule has 0 aliphatic carbocycles. The Morgan fingerprint density at radius 3 is 2.43 bits per heavy atom. The van der Waals surface area contributed by atoms with Gasteiger partial charge in [0.2, 0.25) is 0 Å². The molecule has 0 aliphatic rings. The monoisotopic (exact) mass is 320 g/mol. The topological polar surface area (TPSA) is 78.4 Å². The van der Waals surface area contributed by atoms with Crippen molar-refractivity contribution < 1.29 is 23.5 Å². The van der Waals surface area contributed by atoms with Gasteiger partial charge in [-0.1, -0.05) is 25.4 Å². The molecule has 8 heteroatoms. The molecule has 0 fully saturated rings. The second kappa shape index (κ2) is 7.21. The van der Waals surface area contributed by atoms with Crippen LogP contribution in [0.3, 0.4) is 0 Å². The summed E-state index contributed by atoms with van der Waals surface area (Å²) in [5.41, 5.74) is -0.369. The Morgan fingerprint density at radius 1 is 1.33 bits per heavy atom. The zero-order chi connectivity index (χ0) is 16.2. The summed E-state index contributed by atoms with van der Waals surface area (Å²) in [6.45, 7) is 3.28. The molecule has 0 saturated carbocycles. The predicted octanol–water partition coefficient (Wildman–Crippen LogP) is 3.10. The fourth-order valence-corrected chi connectivity index (χ4v) is 1.87. The second-order valence-corrected chi connectivity index (χ2v) is 5.18. The lowest BCUT2D eigenvalue weighted by molar-refractivity contribution is -0.142. The Labute approximate surface area is 125 Å². The molecule has 1 aromatic rings. The van der Waals surface area contributed by atoms with E-state index in [2.05, 4.69) is 10.6 Å². The lowest BCUT2D eigenvalue weighted by Crippen LogP contribution is -2.38. The lowest BCUT2D eigenvalue weighted by atomic mass is 9.96. The van der Waals surface area contributed by atoms with Gasteiger partial charge in [0, 0.05) is 12.6 Å². The first-order valence-corrected chi connectivity index (χ1v) is 6.52. The Hall–Kier alpha value is -1.89. The fourth-order valence-electron chi connectivity index (χ4n) is 1.63. The predicted molar refractivity (Wildman–Crippen MR) is 74.4 cm³/mol. The molecular formula is C13H15ClF2N2O3. The standard InChI is InChI=1S/C13H15ClF2N2O3/c1-6(2)8(12(19)20)5-17-13(21)18-11-9(14)3-7(15)4-10(11)16/h3-4,6,8H,5H2,1-2H3,(H,19,20)(H2,17,18,21). The summed E-state index contributed by atoms with van der Waals surface area (Å²) in [5.74, 6) is -3.89. The van der Waals surface area contributed by atoms with Crippen molar-refractivity contribution in [3.05, 3.63) is 28.8 Å². The summed E-state index contributed by atoms with van der Waals surface area (Å²) in [4.78, 5) is 22.6. The zero-order valence-corrected chi connectivity index (χ0v) is 12.2. The summed E-state index contributed by atoms with van der Waals surface area (Å²) in [6.07, 6.45) is 0. The molecule has 0 bridgehead atoms. The third-order valence-corrected chi connectivity index (χ3v) is 3.15. The average molecular weight is 321 g/mol. The molecule has 5 nitrogen and oxygen atoms in total. The molecule has 21 heavy (non-hydrogen) atoms. The quantitative estimate of drug-likeness (QED) is 0.780. The van der Waals surface area contributed by atoms with Gasteiger partial charge in [0.1, 0.15) is 5.82 Å². The number of rotatable bonds is 5. The van der Waals surface area contributed by atoms with Gasteiger partial charge in [0.25, 0.3) is 0 Å². The fraction of sp³-hybridized carbons (Fsp3) is 0.385. The van der Waals surface area contributed by atoms with Gasteiger partial charge in [-0.2, -0.15) is 0 Å². The summed E-state index contributed by atoms with van der Waals surface area (Å²) < 4.78 is 26.3. The maximum Gasteiger partial charge on any atom is 0.319 e. The molecule has 0 aromatic heterocycles. The van der Waals surface area contributed by atoms with Crippen LogP contribution in [0.15, 0.2) is 12.1 Å². The minimum Gasteiger partial charge on any atom is -0.481 e. The van der Waals surface area contributed by atoms with Crippen molar-refractivity contribution in [2.75, 3.05) is 11.9 Å². The van der Waals surface area contributed by atoms with Crippen molar-refractivity contribution >= 4 is 29.3 Å². The van der Waals surface area contributed by atoms with E-state index in [0.717, 1.165) is 6.07 Å². The first-order chi connectivity index (χ1) is 9.72. The first-order valence-electron chi connectivity index (χ1n) is 6.14. The van der Waals surface area contributed by atoms with Crippen molar-refractivity contribution in [3.63, 3.8) is 0 Å². The number of halogens is 3.